The number of carbonyl (C=O) groups is 2. The second-order valence-electron chi connectivity index (χ2n) is 5.94. The number of phenols is 1. The molecule has 0 aliphatic heterocycles. The SMILES string of the molecule is CCCCCCOC(=O)c1ccc(NC(=O)CN(CC)CC)cc1O. The van der Waals surface area contributed by atoms with Crippen molar-refractivity contribution in [1.29, 1.82) is 0 Å². The quantitative estimate of drug-likeness (QED) is 0.472. The first kappa shape index (κ1) is 21.0. The molecule has 1 aromatic carbocycles. The fraction of sp³-hybridized carbons (Fsp3) is 0.579. The highest BCUT2D eigenvalue weighted by molar-refractivity contribution is 5.95. The molecule has 140 valence electrons. The molecule has 0 heterocycles. The third kappa shape index (κ3) is 7.56. The molecule has 0 aliphatic rings. The summed E-state index contributed by atoms with van der Waals surface area (Å²) >= 11 is 0. The average Bonchev–Trinajstić information content (AvgIpc) is 2.59. The minimum Gasteiger partial charge on any atom is -0.507 e. The standard InChI is InChI=1S/C19H30N2O4/c1-4-7-8-9-12-25-19(24)16-11-10-15(13-17(16)22)20-18(23)14-21(5-2)6-3/h10-11,13,22H,4-9,12,14H2,1-3H3,(H,20,23). The summed E-state index contributed by atoms with van der Waals surface area (Å²) in [5.41, 5.74) is 0.561. The van der Waals surface area contributed by atoms with E-state index in [1.807, 2.05) is 18.7 Å². The topological polar surface area (TPSA) is 78.9 Å². The number of unbranched alkanes of at least 4 members (excludes halogenated alkanes) is 3. The van der Waals surface area contributed by atoms with Gasteiger partial charge >= 0.3 is 5.97 Å². The zero-order valence-corrected chi connectivity index (χ0v) is 15.5. The van der Waals surface area contributed by atoms with E-state index in [1.54, 1.807) is 6.07 Å². The number of hydrogen-bond acceptors (Lipinski definition) is 5. The molecule has 0 radical (unpaired) electrons. The molecule has 0 bridgehead atoms. The molecule has 1 rings (SSSR count). The van der Waals surface area contributed by atoms with Crippen molar-refractivity contribution in [2.24, 2.45) is 0 Å². The van der Waals surface area contributed by atoms with Crippen LogP contribution in [0, 0.1) is 0 Å². The Hall–Kier alpha value is -2.08. The van der Waals surface area contributed by atoms with Crippen molar-refractivity contribution >= 4 is 17.6 Å². The Morgan fingerprint density at radius 1 is 1.12 bits per heavy atom. The molecule has 6 heteroatoms. The van der Waals surface area contributed by atoms with E-state index in [4.69, 9.17) is 4.74 Å². The second kappa shape index (κ2) is 11.5. The van der Waals surface area contributed by atoms with E-state index in [1.165, 1.54) is 12.1 Å². The minimum absolute atomic E-state index is 0.109. The van der Waals surface area contributed by atoms with Gasteiger partial charge in [0.05, 0.1) is 13.2 Å². The maximum atomic E-state index is 12.0. The van der Waals surface area contributed by atoms with Gasteiger partial charge in [0.2, 0.25) is 5.91 Å². The molecule has 1 aromatic rings. The highest BCUT2D eigenvalue weighted by Gasteiger charge is 2.14. The molecule has 0 saturated heterocycles. The molecule has 0 spiro atoms. The molecule has 0 aromatic heterocycles. The number of rotatable bonds is 11. The van der Waals surface area contributed by atoms with Gasteiger partial charge in [-0.2, -0.15) is 0 Å². The van der Waals surface area contributed by atoms with Gasteiger partial charge < -0.3 is 15.2 Å². The lowest BCUT2D eigenvalue weighted by atomic mass is 10.1. The van der Waals surface area contributed by atoms with Gasteiger partial charge in [-0.3, -0.25) is 9.69 Å². The van der Waals surface area contributed by atoms with Crippen molar-refractivity contribution in [3.63, 3.8) is 0 Å². The Kier molecular flexibility index (Phi) is 9.62. The monoisotopic (exact) mass is 350 g/mol. The molecular weight excluding hydrogens is 320 g/mol. The summed E-state index contributed by atoms with van der Waals surface area (Å²) in [6.07, 6.45) is 4.08. The predicted molar refractivity (Wildman–Crippen MR) is 98.9 cm³/mol. The van der Waals surface area contributed by atoms with Gasteiger partial charge in [0, 0.05) is 11.8 Å². The number of benzene rings is 1. The first-order valence-corrected chi connectivity index (χ1v) is 9.04. The lowest BCUT2D eigenvalue weighted by Gasteiger charge is -2.17. The average molecular weight is 350 g/mol. The zero-order chi connectivity index (χ0) is 18.7. The molecule has 0 saturated carbocycles. The summed E-state index contributed by atoms with van der Waals surface area (Å²) < 4.78 is 5.17. The number of ether oxygens (including phenoxy) is 1. The number of esters is 1. The molecular formula is C19H30N2O4. The van der Waals surface area contributed by atoms with Gasteiger partial charge in [-0.25, -0.2) is 4.79 Å². The highest BCUT2D eigenvalue weighted by atomic mass is 16.5. The first-order chi connectivity index (χ1) is 12.0. The molecule has 0 aliphatic carbocycles. The highest BCUT2D eigenvalue weighted by Crippen LogP contribution is 2.23. The number of aromatic hydroxyl groups is 1. The first-order valence-electron chi connectivity index (χ1n) is 9.04. The Bertz CT molecular complexity index is 556. The van der Waals surface area contributed by atoms with Crippen LogP contribution in [-0.2, 0) is 9.53 Å². The van der Waals surface area contributed by atoms with Crippen LogP contribution in [0.15, 0.2) is 18.2 Å². The zero-order valence-electron chi connectivity index (χ0n) is 15.5. The van der Waals surface area contributed by atoms with Crippen LogP contribution in [0.4, 0.5) is 5.69 Å². The van der Waals surface area contributed by atoms with Gasteiger partial charge in [0.1, 0.15) is 11.3 Å². The van der Waals surface area contributed by atoms with E-state index >= 15 is 0 Å². The number of nitrogens with zero attached hydrogens (tertiary/aromatic N) is 1. The van der Waals surface area contributed by atoms with E-state index in [0.717, 1.165) is 38.8 Å². The summed E-state index contributed by atoms with van der Waals surface area (Å²) in [6.45, 7) is 8.31. The number of phenolic OH excluding ortho intramolecular Hbond substituents is 1. The Morgan fingerprint density at radius 2 is 1.84 bits per heavy atom. The molecule has 0 fully saturated rings. The fourth-order valence-corrected chi connectivity index (χ4v) is 2.40. The molecule has 25 heavy (non-hydrogen) atoms. The van der Waals surface area contributed by atoms with Crippen molar-refractivity contribution < 1.29 is 19.4 Å². The van der Waals surface area contributed by atoms with Crippen molar-refractivity contribution in [1.82, 2.24) is 4.90 Å². The van der Waals surface area contributed by atoms with Crippen LogP contribution in [0.1, 0.15) is 56.8 Å². The lowest BCUT2D eigenvalue weighted by molar-refractivity contribution is -0.117. The van der Waals surface area contributed by atoms with Crippen LogP contribution in [0.3, 0.4) is 0 Å². The van der Waals surface area contributed by atoms with Gasteiger partial charge in [-0.1, -0.05) is 40.0 Å². The van der Waals surface area contributed by atoms with Crippen LogP contribution in [0.25, 0.3) is 0 Å². The molecule has 2 N–H and O–H groups in total. The normalized spacial score (nSPS) is 10.7. The van der Waals surface area contributed by atoms with Crippen molar-refractivity contribution in [2.45, 2.75) is 46.5 Å². The van der Waals surface area contributed by atoms with Crippen molar-refractivity contribution in [2.75, 3.05) is 31.6 Å². The number of likely N-dealkylation sites (N-methyl/N-ethyl adjacent to an activating group) is 1. The number of anilines is 1. The largest absolute Gasteiger partial charge is 0.507 e. The number of nitrogens with one attached hydrogen (secondary N) is 1. The van der Waals surface area contributed by atoms with E-state index in [-0.39, 0.29) is 23.8 Å². The smallest absolute Gasteiger partial charge is 0.341 e. The summed E-state index contributed by atoms with van der Waals surface area (Å²) in [7, 11) is 0. The maximum Gasteiger partial charge on any atom is 0.341 e. The van der Waals surface area contributed by atoms with Crippen LogP contribution < -0.4 is 5.32 Å². The Balaban J connectivity index is 2.55. The van der Waals surface area contributed by atoms with E-state index < -0.39 is 5.97 Å². The van der Waals surface area contributed by atoms with Gasteiger partial charge in [-0.15, -0.1) is 0 Å². The van der Waals surface area contributed by atoms with Gasteiger partial charge in [-0.05, 0) is 31.6 Å². The number of amides is 1. The summed E-state index contributed by atoms with van der Waals surface area (Å²) in [5.74, 6) is -0.899. The predicted octanol–water partition coefficient (Wildman–Crippen LogP) is 3.41. The summed E-state index contributed by atoms with van der Waals surface area (Å²) in [4.78, 5) is 25.9. The van der Waals surface area contributed by atoms with Crippen LogP contribution in [0.2, 0.25) is 0 Å². The van der Waals surface area contributed by atoms with E-state index in [0.29, 0.717) is 12.3 Å². The third-order valence-corrected chi connectivity index (χ3v) is 3.99. The van der Waals surface area contributed by atoms with Crippen LogP contribution in [-0.4, -0.2) is 48.1 Å². The Morgan fingerprint density at radius 3 is 2.44 bits per heavy atom. The van der Waals surface area contributed by atoms with Gasteiger partial charge in [0.25, 0.3) is 0 Å². The maximum absolute atomic E-state index is 12.0. The van der Waals surface area contributed by atoms with Gasteiger partial charge in [0.15, 0.2) is 0 Å². The minimum atomic E-state index is -0.546. The molecule has 1 amide bonds. The summed E-state index contributed by atoms with van der Waals surface area (Å²) in [6, 6.07) is 4.43. The Labute approximate surface area is 150 Å². The van der Waals surface area contributed by atoms with Crippen LogP contribution >= 0.6 is 0 Å². The number of carbonyl (C=O) groups excluding carboxylic acids is 2. The summed E-state index contributed by atoms with van der Waals surface area (Å²) in [5, 5.41) is 12.7. The van der Waals surface area contributed by atoms with E-state index in [9.17, 15) is 14.7 Å². The third-order valence-electron chi connectivity index (χ3n) is 3.99. The van der Waals surface area contributed by atoms with E-state index in [2.05, 4.69) is 12.2 Å². The van der Waals surface area contributed by atoms with Crippen molar-refractivity contribution in [3.05, 3.63) is 23.8 Å². The molecule has 0 atom stereocenters. The van der Waals surface area contributed by atoms with Crippen LogP contribution in [0.5, 0.6) is 5.75 Å². The molecule has 6 nitrogen and oxygen atoms in total. The molecule has 0 unspecified atom stereocenters. The fourth-order valence-electron chi connectivity index (χ4n) is 2.40. The second-order valence-corrected chi connectivity index (χ2v) is 5.94. The van der Waals surface area contributed by atoms with Crippen molar-refractivity contribution in [3.8, 4) is 5.75 Å². The lowest BCUT2D eigenvalue weighted by Crippen LogP contribution is -2.32. The number of hydrogen-bond donors (Lipinski definition) is 2.